The zero-order valence-electron chi connectivity index (χ0n) is 19.9. The number of amides is 3. The van der Waals surface area contributed by atoms with E-state index in [0.29, 0.717) is 48.9 Å². The Labute approximate surface area is 200 Å². The number of ketones is 1. The van der Waals surface area contributed by atoms with Gasteiger partial charge in [0.25, 0.3) is 11.8 Å². The molecule has 176 valence electrons. The number of imide groups is 1. The summed E-state index contributed by atoms with van der Waals surface area (Å²) in [5.74, 6) is -1.17. The first-order valence-corrected chi connectivity index (χ1v) is 11.6. The maximum Gasteiger partial charge on any atom is 0.262 e. The standard InChI is InChI=1S/C28H30N2O4/c1-17-5-14-24(25(32)29-17)30-26(33)22-13-9-19(16-23(22)27(30)34)8-12-21(31)15-18-6-10-20(11-7-18)28(2,3)4/h6-7,9-11,13,16,24H,1,5,8,12,14-15H2,2-4H3,(H,29,32). The molecule has 3 amide bonds. The molecule has 6 heteroatoms. The molecule has 0 radical (unpaired) electrons. The second-order valence-electron chi connectivity index (χ2n) is 10.2. The number of rotatable bonds is 6. The summed E-state index contributed by atoms with van der Waals surface area (Å²) in [6.07, 6.45) is 2.09. The molecule has 1 unspecified atom stereocenters. The van der Waals surface area contributed by atoms with Gasteiger partial charge in [0.15, 0.2) is 0 Å². The number of carbonyl (C=O) groups excluding carboxylic acids is 4. The van der Waals surface area contributed by atoms with Gasteiger partial charge in [-0.15, -0.1) is 0 Å². The Balaban J connectivity index is 1.39. The van der Waals surface area contributed by atoms with Crippen molar-refractivity contribution in [2.45, 2.75) is 64.3 Å². The minimum absolute atomic E-state index is 0.0693. The Bertz CT molecular complexity index is 1190. The topological polar surface area (TPSA) is 83.6 Å². The van der Waals surface area contributed by atoms with Gasteiger partial charge >= 0.3 is 0 Å². The van der Waals surface area contributed by atoms with Crippen molar-refractivity contribution in [3.8, 4) is 0 Å². The van der Waals surface area contributed by atoms with Gasteiger partial charge in [-0.25, -0.2) is 0 Å². The van der Waals surface area contributed by atoms with E-state index in [4.69, 9.17) is 0 Å². The Kier molecular flexibility index (Phi) is 6.26. The summed E-state index contributed by atoms with van der Waals surface area (Å²) in [6.45, 7) is 10.2. The van der Waals surface area contributed by atoms with Crippen LogP contribution in [0.1, 0.15) is 77.4 Å². The zero-order valence-corrected chi connectivity index (χ0v) is 19.9. The molecule has 0 aliphatic carbocycles. The summed E-state index contributed by atoms with van der Waals surface area (Å²) < 4.78 is 0. The average Bonchev–Trinajstić information content (AvgIpc) is 3.02. The van der Waals surface area contributed by atoms with Crippen molar-refractivity contribution in [2.75, 3.05) is 0 Å². The van der Waals surface area contributed by atoms with Crippen LogP contribution in [0.5, 0.6) is 0 Å². The highest BCUT2D eigenvalue weighted by molar-refractivity contribution is 6.23. The lowest BCUT2D eigenvalue weighted by atomic mass is 9.86. The first kappa shape index (κ1) is 23.6. The van der Waals surface area contributed by atoms with Gasteiger partial charge in [0.2, 0.25) is 5.91 Å². The lowest BCUT2D eigenvalue weighted by Crippen LogP contribution is -2.51. The van der Waals surface area contributed by atoms with Crippen molar-refractivity contribution in [1.82, 2.24) is 10.2 Å². The van der Waals surface area contributed by atoms with Crippen LogP contribution in [-0.4, -0.2) is 34.4 Å². The second-order valence-corrected chi connectivity index (χ2v) is 10.2. The molecule has 1 fully saturated rings. The predicted octanol–water partition coefficient (Wildman–Crippen LogP) is 4.12. The average molecular weight is 459 g/mol. The van der Waals surface area contributed by atoms with Crippen LogP contribution in [0.3, 0.4) is 0 Å². The molecular weight excluding hydrogens is 428 g/mol. The lowest BCUT2D eigenvalue weighted by Gasteiger charge is -2.29. The predicted molar refractivity (Wildman–Crippen MR) is 129 cm³/mol. The SMILES string of the molecule is C=C1CCC(N2C(=O)c3ccc(CCC(=O)Cc4ccc(C(C)(C)C)cc4)cc3C2=O)C(=O)N1. The van der Waals surface area contributed by atoms with Crippen molar-refractivity contribution >= 4 is 23.5 Å². The minimum atomic E-state index is -0.826. The number of aryl methyl sites for hydroxylation is 1. The van der Waals surface area contributed by atoms with E-state index >= 15 is 0 Å². The normalized spacial score (nSPS) is 18.2. The fraction of sp³-hybridized carbons (Fsp3) is 0.357. The zero-order chi connectivity index (χ0) is 24.6. The van der Waals surface area contributed by atoms with E-state index in [0.717, 1.165) is 16.0 Å². The van der Waals surface area contributed by atoms with E-state index in [2.05, 4.69) is 44.8 Å². The summed E-state index contributed by atoms with van der Waals surface area (Å²) in [6, 6.07) is 12.4. The van der Waals surface area contributed by atoms with E-state index in [1.165, 1.54) is 5.56 Å². The van der Waals surface area contributed by atoms with Crippen molar-refractivity contribution in [3.63, 3.8) is 0 Å². The highest BCUT2D eigenvalue weighted by atomic mass is 16.2. The number of hydrogen-bond donors (Lipinski definition) is 1. The maximum atomic E-state index is 13.0. The van der Waals surface area contributed by atoms with E-state index in [1.807, 2.05) is 12.1 Å². The number of hydrogen-bond acceptors (Lipinski definition) is 4. The molecule has 2 aliphatic rings. The summed E-state index contributed by atoms with van der Waals surface area (Å²) >= 11 is 0. The number of benzene rings is 2. The van der Waals surface area contributed by atoms with Crippen LogP contribution >= 0.6 is 0 Å². The van der Waals surface area contributed by atoms with Gasteiger partial charge in [0.05, 0.1) is 11.1 Å². The number of Topliss-reactive ketones (excluding diaryl/α,β-unsaturated/α-hetero) is 1. The fourth-order valence-corrected chi connectivity index (χ4v) is 4.48. The largest absolute Gasteiger partial charge is 0.329 e. The molecule has 2 aromatic carbocycles. The van der Waals surface area contributed by atoms with Crippen LogP contribution < -0.4 is 5.32 Å². The van der Waals surface area contributed by atoms with Gasteiger partial charge in [-0.1, -0.05) is 57.7 Å². The third-order valence-corrected chi connectivity index (χ3v) is 6.53. The van der Waals surface area contributed by atoms with Crippen molar-refractivity contribution in [1.29, 1.82) is 0 Å². The Morgan fingerprint density at radius 1 is 1.00 bits per heavy atom. The van der Waals surface area contributed by atoms with Crippen LogP contribution in [0.15, 0.2) is 54.7 Å². The lowest BCUT2D eigenvalue weighted by molar-refractivity contribution is -0.125. The van der Waals surface area contributed by atoms with Gasteiger partial charge in [0.1, 0.15) is 11.8 Å². The monoisotopic (exact) mass is 458 g/mol. The Hall–Kier alpha value is -3.54. The van der Waals surface area contributed by atoms with Gasteiger partial charge in [-0.2, -0.15) is 0 Å². The fourth-order valence-electron chi connectivity index (χ4n) is 4.48. The van der Waals surface area contributed by atoms with E-state index in [9.17, 15) is 19.2 Å². The van der Waals surface area contributed by atoms with Crippen LogP contribution in [0.2, 0.25) is 0 Å². The summed E-state index contributed by atoms with van der Waals surface area (Å²) in [4.78, 5) is 51.8. The number of nitrogens with zero attached hydrogens (tertiary/aromatic N) is 1. The molecule has 34 heavy (non-hydrogen) atoms. The smallest absolute Gasteiger partial charge is 0.262 e. The molecule has 6 nitrogen and oxygen atoms in total. The molecule has 1 N–H and O–H groups in total. The third kappa shape index (κ3) is 4.72. The highest BCUT2D eigenvalue weighted by Crippen LogP contribution is 2.29. The van der Waals surface area contributed by atoms with Crippen LogP contribution in [-0.2, 0) is 27.8 Å². The van der Waals surface area contributed by atoms with E-state index < -0.39 is 17.9 Å². The molecule has 2 aliphatic heterocycles. The minimum Gasteiger partial charge on any atom is -0.329 e. The molecule has 0 bridgehead atoms. The van der Waals surface area contributed by atoms with Crippen LogP contribution in [0.4, 0.5) is 0 Å². The number of carbonyl (C=O) groups is 4. The van der Waals surface area contributed by atoms with Crippen LogP contribution in [0, 0.1) is 0 Å². The molecule has 0 spiro atoms. The maximum absolute atomic E-state index is 13.0. The molecule has 4 rings (SSSR count). The number of fused-ring (bicyclic) bond motifs is 1. The summed E-state index contributed by atoms with van der Waals surface area (Å²) in [5, 5.41) is 2.63. The van der Waals surface area contributed by atoms with Gasteiger partial charge in [0, 0.05) is 18.5 Å². The molecule has 2 heterocycles. The summed E-state index contributed by atoms with van der Waals surface area (Å²) in [7, 11) is 0. The highest BCUT2D eigenvalue weighted by Gasteiger charge is 2.43. The summed E-state index contributed by atoms with van der Waals surface area (Å²) in [5.41, 5.74) is 4.29. The quantitative estimate of drug-likeness (QED) is 0.660. The third-order valence-electron chi connectivity index (χ3n) is 6.53. The molecule has 1 saturated heterocycles. The van der Waals surface area contributed by atoms with E-state index in [-0.39, 0.29) is 17.1 Å². The molecule has 1 atom stereocenters. The van der Waals surface area contributed by atoms with Crippen molar-refractivity contribution in [3.05, 3.63) is 82.6 Å². The second kappa shape index (κ2) is 9.01. The molecular formula is C28H30N2O4. The number of allylic oxidation sites excluding steroid dienone is 1. The number of piperidine rings is 1. The van der Waals surface area contributed by atoms with Crippen molar-refractivity contribution in [2.24, 2.45) is 0 Å². The van der Waals surface area contributed by atoms with Crippen molar-refractivity contribution < 1.29 is 19.2 Å². The molecule has 0 aromatic heterocycles. The molecule has 0 saturated carbocycles. The first-order valence-electron chi connectivity index (χ1n) is 11.6. The Morgan fingerprint density at radius 3 is 2.29 bits per heavy atom. The first-order chi connectivity index (χ1) is 16.0. The van der Waals surface area contributed by atoms with Crippen LogP contribution in [0.25, 0.3) is 0 Å². The van der Waals surface area contributed by atoms with E-state index in [1.54, 1.807) is 18.2 Å². The van der Waals surface area contributed by atoms with Gasteiger partial charge in [-0.3, -0.25) is 24.1 Å². The number of nitrogens with one attached hydrogen (secondary N) is 1. The van der Waals surface area contributed by atoms with Gasteiger partial charge < -0.3 is 5.32 Å². The van der Waals surface area contributed by atoms with Gasteiger partial charge in [-0.05, 0) is 53.5 Å². The Morgan fingerprint density at radius 2 is 1.65 bits per heavy atom. The molecule has 2 aromatic rings.